The molecule has 3 aromatic rings. The van der Waals surface area contributed by atoms with Crippen molar-refractivity contribution in [2.75, 3.05) is 6.54 Å². The Balaban J connectivity index is 0.000000671. The summed E-state index contributed by atoms with van der Waals surface area (Å²) in [5, 5.41) is 6.17. The maximum absolute atomic E-state index is 13.1. The summed E-state index contributed by atoms with van der Waals surface area (Å²) in [5.41, 5.74) is 5.06. The second-order valence-corrected chi connectivity index (χ2v) is 7.15. The van der Waals surface area contributed by atoms with Crippen molar-refractivity contribution in [3.63, 3.8) is 0 Å². The first-order chi connectivity index (χ1) is 15.4. The van der Waals surface area contributed by atoms with Gasteiger partial charge < -0.3 is 15.6 Å². The van der Waals surface area contributed by atoms with Crippen LogP contribution in [0.15, 0.2) is 59.6 Å². The smallest absolute Gasteiger partial charge is 0.257 e. The number of aromatic nitrogens is 3. The number of fused-ring (bicyclic) bond motifs is 1. The molecule has 1 aliphatic rings. The Hall–Kier alpha value is -3.48. The Bertz CT molecular complexity index is 1110. The van der Waals surface area contributed by atoms with Gasteiger partial charge in [0.05, 0.1) is 17.6 Å². The van der Waals surface area contributed by atoms with E-state index >= 15 is 0 Å². The van der Waals surface area contributed by atoms with E-state index in [0.29, 0.717) is 29.1 Å². The van der Waals surface area contributed by atoms with Crippen LogP contribution >= 0.6 is 0 Å². The maximum atomic E-state index is 13.1. The van der Waals surface area contributed by atoms with Crippen molar-refractivity contribution in [2.45, 2.75) is 48.0 Å². The van der Waals surface area contributed by atoms with Crippen molar-refractivity contribution in [3.05, 3.63) is 71.0 Å². The average molecular weight is 438 g/mol. The quantitative estimate of drug-likeness (QED) is 0.490. The van der Waals surface area contributed by atoms with Gasteiger partial charge in [0.2, 0.25) is 0 Å². The molecule has 170 valence electrons. The highest BCUT2D eigenvalue weighted by Crippen LogP contribution is 2.22. The summed E-state index contributed by atoms with van der Waals surface area (Å²) in [6, 6.07) is 7.64. The summed E-state index contributed by atoms with van der Waals surface area (Å²) in [7, 11) is 0. The number of aromatic amines is 1. The van der Waals surface area contributed by atoms with Crippen LogP contribution in [-0.4, -0.2) is 27.4 Å². The lowest BCUT2D eigenvalue weighted by molar-refractivity contribution is 0.0966. The fourth-order valence-electron chi connectivity index (χ4n) is 3.02. The first-order valence-electron chi connectivity index (χ1n) is 11.0. The van der Waals surface area contributed by atoms with Crippen molar-refractivity contribution >= 4 is 17.1 Å². The fraction of sp³-hybridized carbons (Fsp3) is 0.320. The summed E-state index contributed by atoms with van der Waals surface area (Å²) >= 11 is 0. The van der Waals surface area contributed by atoms with E-state index in [1.807, 2.05) is 33.8 Å². The minimum absolute atomic E-state index is 0.235. The number of carbonyl (C=O) groups excluding carboxylic acids is 1. The molecule has 1 amide bonds. The minimum Gasteiger partial charge on any atom is -0.383 e. The van der Waals surface area contributed by atoms with Crippen LogP contribution in [0.5, 0.6) is 0 Å². The third kappa shape index (κ3) is 6.03. The summed E-state index contributed by atoms with van der Waals surface area (Å²) in [4.78, 5) is 24.6. The van der Waals surface area contributed by atoms with Crippen molar-refractivity contribution in [2.24, 2.45) is 0 Å². The molecule has 0 bridgehead atoms. The van der Waals surface area contributed by atoms with Gasteiger partial charge in [0.1, 0.15) is 11.6 Å². The van der Waals surface area contributed by atoms with Crippen LogP contribution < -0.4 is 10.6 Å². The Kier molecular flexibility index (Phi) is 9.13. The highest BCUT2D eigenvalue weighted by molar-refractivity contribution is 6.05. The molecule has 4 rings (SSSR count). The third-order valence-corrected chi connectivity index (χ3v) is 4.47. The predicted molar refractivity (Wildman–Crippen MR) is 129 cm³/mol. The van der Waals surface area contributed by atoms with Gasteiger partial charge >= 0.3 is 0 Å². The number of rotatable bonds is 3. The van der Waals surface area contributed by atoms with Crippen LogP contribution in [0.1, 0.15) is 58.3 Å². The molecule has 0 radical (unpaired) electrons. The number of carbonyl (C=O) groups is 1. The summed E-state index contributed by atoms with van der Waals surface area (Å²) < 4.78 is 13.1. The Labute approximate surface area is 189 Å². The molecular weight excluding hydrogens is 405 g/mol. The monoisotopic (exact) mass is 437 g/mol. The van der Waals surface area contributed by atoms with Crippen LogP contribution in [-0.2, 0) is 0 Å². The minimum atomic E-state index is -0.318. The molecule has 0 aliphatic carbocycles. The van der Waals surface area contributed by atoms with Gasteiger partial charge in [-0.15, -0.1) is 0 Å². The summed E-state index contributed by atoms with van der Waals surface area (Å²) in [6.07, 6.45) is 4.79. The molecule has 0 unspecified atom stereocenters. The van der Waals surface area contributed by atoms with Gasteiger partial charge in [-0.1, -0.05) is 34.1 Å². The van der Waals surface area contributed by atoms with Crippen molar-refractivity contribution < 1.29 is 9.18 Å². The Morgan fingerprint density at radius 1 is 1.12 bits per heavy atom. The second-order valence-electron chi connectivity index (χ2n) is 7.15. The zero-order valence-electron chi connectivity index (χ0n) is 19.6. The molecule has 0 saturated heterocycles. The van der Waals surface area contributed by atoms with Gasteiger partial charge in [0, 0.05) is 23.2 Å². The molecule has 0 fully saturated rings. The van der Waals surface area contributed by atoms with Crippen LogP contribution in [0.4, 0.5) is 4.39 Å². The number of hydrogen-bond donors (Lipinski definition) is 3. The zero-order valence-corrected chi connectivity index (χ0v) is 19.6. The Morgan fingerprint density at radius 3 is 2.41 bits per heavy atom. The maximum Gasteiger partial charge on any atom is 0.257 e. The number of hydrogen-bond acceptors (Lipinski definition) is 4. The van der Waals surface area contributed by atoms with E-state index in [-0.39, 0.29) is 11.7 Å². The van der Waals surface area contributed by atoms with Crippen LogP contribution in [0, 0.1) is 5.82 Å². The molecule has 6 nitrogen and oxygen atoms in total. The summed E-state index contributed by atoms with van der Waals surface area (Å²) in [6.45, 7) is 12.8. The van der Waals surface area contributed by atoms with E-state index in [0.717, 1.165) is 22.5 Å². The standard InChI is InChI=1S/C20H18FN5O.C3H8.C2H6/c1-11-9-12(2)23-10-16(11)24-20(27)15-7-8-22-19-17(15)25-18(26-19)13-3-5-14(21)6-4-13;1-3-2;1-2/h3-9,23H,10H2,1-2H3,(H,24,27)(H,22,25,26);3H2,1-2H3;1-2H3. The largest absolute Gasteiger partial charge is 0.383 e. The number of allylic oxidation sites excluding steroid dienone is 3. The Morgan fingerprint density at radius 2 is 1.78 bits per heavy atom. The average Bonchev–Trinajstić information content (AvgIpc) is 3.22. The SMILES string of the molecule is CC.CC1=CC(C)=C(NC(=O)c2ccnc3nc(-c4ccc(F)cc4)[nH]c23)CN1.CCC. The fourth-order valence-corrected chi connectivity index (χ4v) is 3.02. The lowest BCUT2D eigenvalue weighted by Crippen LogP contribution is -2.32. The van der Waals surface area contributed by atoms with Crippen molar-refractivity contribution in [1.82, 2.24) is 25.6 Å². The summed E-state index contributed by atoms with van der Waals surface area (Å²) in [5.74, 6) is -0.0195. The van der Waals surface area contributed by atoms with E-state index in [2.05, 4.69) is 39.4 Å². The zero-order chi connectivity index (χ0) is 23.7. The third-order valence-electron chi connectivity index (χ3n) is 4.47. The number of imidazole rings is 1. The van der Waals surface area contributed by atoms with E-state index in [1.54, 1.807) is 24.4 Å². The van der Waals surface area contributed by atoms with E-state index in [4.69, 9.17) is 0 Å². The number of benzene rings is 1. The first-order valence-corrected chi connectivity index (χ1v) is 11.0. The van der Waals surface area contributed by atoms with Gasteiger partial charge in [-0.25, -0.2) is 14.4 Å². The molecule has 7 heteroatoms. The number of dihydropyridines is 1. The molecular formula is C25H32FN5O. The van der Waals surface area contributed by atoms with Gasteiger partial charge in [0.15, 0.2) is 5.65 Å². The van der Waals surface area contributed by atoms with Gasteiger partial charge in [-0.3, -0.25) is 4.79 Å². The number of pyridine rings is 1. The first kappa shape index (κ1) is 24.8. The van der Waals surface area contributed by atoms with Crippen LogP contribution in [0.3, 0.4) is 0 Å². The molecule has 1 aliphatic heterocycles. The number of nitrogens with zero attached hydrogens (tertiary/aromatic N) is 2. The van der Waals surface area contributed by atoms with Crippen molar-refractivity contribution in [3.8, 4) is 11.4 Å². The predicted octanol–water partition coefficient (Wildman–Crippen LogP) is 5.72. The van der Waals surface area contributed by atoms with Gasteiger partial charge in [0.25, 0.3) is 5.91 Å². The molecule has 0 atom stereocenters. The number of amides is 1. The molecule has 0 saturated carbocycles. The molecule has 0 spiro atoms. The topological polar surface area (TPSA) is 82.7 Å². The molecule has 2 aromatic heterocycles. The van der Waals surface area contributed by atoms with Crippen molar-refractivity contribution in [1.29, 1.82) is 0 Å². The molecule has 1 aromatic carbocycles. The second kappa shape index (κ2) is 11.8. The number of H-pyrrole nitrogens is 1. The van der Waals surface area contributed by atoms with Crippen LogP contribution in [0.2, 0.25) is 0 Å². The van der Waals surface area contributed by atoms with E-state index in [1.165, 1.54) is 18.6 Å². The number of halogens is 1. The molecule has 3 heterocycles. The highest BCUT2D eigenvalue weighted by atomic mass is 19.1. The molecule has 3 N–H and O–H groups in total. The lowest BCUT2D eigenvalue weighted by atomic mass is 10.1. The molecule has 32 heavy (non-hydrogen) atoms. The number of nitrogens with one attached hydrogen (secondary N) is 3. The van der Waals surface area contributed by atoms with Gasteiger partial charge in [-0.05, 0) is 55.8 Å². The normalized spacial score (nSPS) is 12.7. The van der Waals surface area contributed by atoms with E-state index < -0.39 is 0 Å². The van der Waals surface area contributed by atoms with Gasteiger partial charge in [-0.2, -0.15) is 0 Å². The van der Waals surface area contributed by atoms with E-state index in [9.17, 15) is 9.18 Å². The van der Waals surface area contributed by atoms with Crippen LogP contribution in [0.25, 0.3) is 22.6 Å². The lowest BCUT2D eigenvalue weighted by Gasteiger charge is -2.19. The highest BCUT2D eigenvalue weighted by Gasteiger charge is 2.17.